The van der Waals surface area contributed by atoms with Crippen molar-refractivity contribution >= 4 is 21.6 Å². The molecule has 0 aliphatic heterocycles. The van der Waals surface area contributed by atoms with Crippen molar-refractivity contribution < 1.29 is 13.2 Å². The molecule has 0 aliphatic rings. The molecular formula is C11H14ClN3O4S. The lowest BCUT2D eigenvalue weighted by molar-refractivity contribution is 0.179. The molecule has 0 aromatic carbocycles. The zero-order valence-electron chi connectivity index (χ0n) is 10.8. The number of methoxy groups -OCH3 is 1. The van der Waals surface area contributed by atoms with Crippen LogP contribution in [0.25, 0.3) is 0 Å². The summed E-state index contributed by atoms with van der Waals surface area (Å²) < 4.78 is 30.7. The van der Waals surface area contributed by atoms with Crippen molar-refractivity contribution in [2.24, 2.45) is 0 Å². The number of hydrogen-bond acceptors (Lipinski definition) is 5. The molecule has 9 heteroatoms. The van der Waals surface area contributed by atoms with Crippen LogP contribution in [0.2, 0.25) is 5.02 Å². The van der Waals surface area contributed by atoms with Crippen LogP contribution in [-0.4, -0.2) is 44.5 Å². The predicted molar refractivity (Wildman–Crippen MR) is 72.9 cm³/mol. The number of aromatic amines is 1. The molecule has 0 amide bonds. The maximum Gasteiger partial charge on any atom is 0.266 e. The van der Waals surface area contributed by atoms with Crippen molar-refractivity contribution in [2.75, 3.05) is 26.8 Å². The Balaban J connectivity index is 3.10. The van der Waals surface area contributed by atoms with Gasteiger partial charge in [-0.25, -0.2) is 8.42 Å². The fourth-order valence-corrected chi connectivity index (χ4v) is 3.11. The van der Waals surface area contributed by atoms with E-state index in [4.69, 9.17) is 21.6 Å². The van der Waals surface area contributed by atoms with Gasteiger partial charge in [0, 0.05) is 32.8 Å². The highest BCUT2D eigenvalue weighted by atomic mass is 35.5. The minimum absolute atomic E-state index is 0.0406. The number of rotatable bonds is 7. The average molecular weight is 320 g/mol. The number of nitrogens with zero attached hydrogens (tertiary/aromatic N) is 2. The molecule has 1 rings (SSSR count). The zero-order valence-corrected chi connectivity index (χ0v) is 12.4. The number of H-pyrrole nitrogens is 1. The van der Waals surface area contributed by atoms with Crippen LogP contribution in [0, 0.1) is 11.3 Å². The standard InChI is InChI=1S/C11H14ClN3O4S/c1-19-6-5-15(4-2-3-13)20(17,18)9-7-10(12)11(16)14-8-9/h7-8H,2,4-6H2,1H3,(H,14,16). The van der Waals surface area contributed by atoms with Crippen molar-refractivity contribution in [3.05, 3.63) is 27.6 Å². The highest BCUT2D eigenvalue weighted by Gasteiger charge is 2.24. The lowest BCUT2D eigenvalue weighted by atomic mass is 10.4. The van der Waals surface area contributed by atoms with Gasteiger partial charge in [-0.05, 0) is 6.07 Å². The van der Waals surface area contributed by atoms with Gasteiger partial charge in [-0.3, -0.25) is 4.79 Å². The Morgan fingerprint density at radius 1 is 1.50 bits per heavy atom. The number of hydrogen-bond donors (Lipinski definition) is 1. The van der Waals surface area contributed by atoms with Gasteiger partial charge in [-0.2, -0.15) is 9.57 Å². The Hall–Kier alpha value is -1.40. The second-order valence-corrected chi connectivity index (χ2v) is 6.16. The first-order valence-corrected chi connectivity index (χ1v) is 7.49. The monoisotopic (exact) mass is 319 g/mol. The van der Waals surface area contributed by atoms with Gasteiger partial charge in [-0.1, -0.05) is 11.6 Å². The lowest BCUT2D eigenvalue weighted by Crippen LogP contribution is -2.35. The molecule has 1 heterocycles. The normalized spacial score (nSPS) is 11.5. The largest absolute Gasteiger partial charge is 0.383 e. The van der Waals surface area contributed by atoms with E-state index in [1.165, 1.54) is 7.11 Å². The van der Waals surface area contributed by atoms with E-state index in [2.05, 4.69) is 4.98 Å². The summed E-state index contributed by atoms with van der Waals surface area (Å²) in [5, 5.41) is 8.38. The topological polar surface area (TPSA) is 103 Å². The summed E-state index contributed by atoms with van der Waals surface area (Å²) in [7, 11) is -2.39. The van der Waals surface area contributed by atoms with Gasteiger partial charge in [-0.15, -0.1) is 0 Å². The number of sulfonamides is 1. The van der Waals surface area contributed by atoms with E-state index < -0.39 is 15.6 Å². The third kappa shape index (κ3) is 4.05. The van der Waals surface area contributed by atoms with E-state index in [1.54, 1.807) is 0 Å². The van der Waals surface area contributed by atoms with Crippen molar-refractivity contribution in [1.82, 2.24) is 9.29 Å². The van der Waals surface area contributed by atoms with Crippen LogP contribution in [-0.2, 0) is 14.8 Å². The summed E-state index contributed by atoms with van der Waals surface area (Å²) in [6.07, 6.45) is 1.13. The van der Waals surface area contributed by atoms with Crippen LogP contribution in [0.15, 0.2) is 22.0 Å². The molecule has 0 bridgehead atoms. The number of halogens is 1. The molecule has 110 valence electrons. The molecule has 1 aromatic heterocycles. The molecule has 0 unspecified atom stereocenters. The van der Waals surface area contributed by atoms with E-state index in [0.29, 0.717) is 0 Å². The predicted octanol–water partition coefficient (Wildman–Crippen LogP) is 0.579. The Morgan fingerprint density at radius 3 is 2.75 bits per heavy atom. The fourth-order valence-electron chi connectivity index (χ4n) is 1.46. The molecule has 0 saturated carbocycles. The minimum Gasteiger partial charge on any atom is -0.383 e. The number of aromatic nitrogens is 1. The van der Waals surface area contributed by atoms with Gasteiger partial charge in [0.05, 0.1) is 17.6 Å². The van der Waals surface area contributed by atoms with E-state index in [-0.39, 0.29) is 36.0 Å². The lowest BCUT2D eigenvalue weighted by Gasteiger charge is -2.20. The second-order valence-electron chi connectivity index (χ2n) is 3.82. The average Bonchev–Trinajstić information content (AvgIpc) is 2.41. The van der Waals surface area contributed by atoms with Crippen molar-refractivity contribution in [1.29, 1.82) is 5.26 Å². The van der Waals surface area contributed by atoms with Crippen molar-refractivity contribution in [3.8, 4) is 6.07 Å². The quantitative estimate of drug-likeness (QED) is 0.791. The molecule has 0 spiro atoms. The molecule has 7 nitrogen and oxygen atoms in total. The summed E-state index contributed by atoms with van der Waals surface area (Å²) in [6.45, 7) is 0.345. The fraction of sp³-hybridized carbons (Fsp3) is 0.455. The number of pyridine rings is 1. The van der Waals surface area contributed by atoms with Crippen molar-refractivity contribution in [3.63, 3.8) is 0 Å². The summed E-state index contributed by atoms with van der Waals surface area (Å²) in [5.74, 6) is 0. The SMILES string of the molecule is COCCN(CCC#N)S(=O)(=O)c1c[nH]c(=O)c(Cl)c1. The van der Waals surface area contributed by atoms with Crippen LogP contribution >= 0.6 is 11.6 Å². The molecule has 0 saturated heterocycles. The second kappa shape index (κ2) is 7.40. The first kappa shape index (κ1) is 16.7. The highest BCUT2D eigenvalue weighted by Crippen LogP contribution is 2.16. The van der Waals surface area contributed by atoms with Crippen LogP contribution in [0.5, 0.6) is 0 Å². The van der Waals surface area contributed by atoms with Crippen LogP contribution < -0.4 is 5.56 Å². The van der Waals surface area contributed by atoms with Crippen LogP contribution in [0.1, 0.15) is 6.42 Å². The van der Waals surface area contributed by atoms with E-state index >= 15 is 0 Å². The van der Waals surface area contributed by atoms with Gasteiger partial charge in [0.25, 0.3) is 5.56 Å². The first-order valence-electron chi connectivity index (χ1n) is 5.67. The highest BCUT2D eigenvalue weighted by molar-refractivity contribution is 7.89. The summed E-state index contributed by atoms with van der Waals surface area (Å²) in [4.78, 5) is 13.3. The summed E-state index contributed by atoms with van der Waals surface area (Å²) >= 11 is 5.63. The number of nitrogens with one attached hydrogen (secondary N) is 1. The van der Waals surface area contributed by atoms with Gasteiger partial charge < -0.3 is 9.72 Å². The van der Waals surface area contributed by atoms with Gasteiger partial charge in [0.15, 0.2) is 0 Å². The van der Waals surface area contributed by atoms with E-state index in [1.807, 2.05) is 6.07 Å². The molecule has 0 aliphatic carbocycles. The zero-order chi connectivity index (χ0) is 15.2. The smallest absolute Gasteiger partial charge is 0.266 e. The molecular weight excluding hydrogens is 306 g/mol. The molecule has 1 aromatic rings. The molecule has 0 atom stereocenters. The Morgan fingerprint density at radius 2 is 2.20 bits per heavy atom. The van der Waals surface area contributed by atoms with E-state index in [9.17, 15) is 13.2 Å². The van der Waals surface area contributed by atoms with Gasteiger partial charge in [0.2, 0.25) is 10.0 Å². The first-order chi connectivity index (χ1) is 9.43. The Kier molecular flexibility index (Phi) is 6.16. The molecule has 0 fully saturated rings. The number of nitriles is 1. The van der Waals surface area contributed by atoms with Crippen LogP contribution in [0.3, 0.4) is 0 Å². The third-order valence-corrected chi connectivity index (χ3v) is 4.64. The van der Waals surface area contributed by atoms with Gasteiger partial charge in [0.1, 0.15) is 5.02 Å². The molecule has 1 N–H and O–H groups in total. The van der Waals surface area contributed by atoms with Crippen LogP contribution in [0.4, 0.5) is 0 Å². The Labute approximate surface area is 121 Å². The maximum absolute atomic E-state index is 12.4. The summed E-state index contributed by atoms with van der Waals surface area (Å²) in [6, 6.07) is 2.97. The van der Waals surface area contributed by atoms with E-state index in [0.717, 1.165) is 16.6 Å². The Bertz CT molecular complexity index is 650. The minimum atomic E-state index is -3.84. The summed E-state index contributed by atoms with van der Waals surface area (Å²) in [5.41, 5.74) is -0.564. The third-order valence-electron chi connectivity index (χ3n) is 2.49. The molecule has 20 heavy (non-hydrogen) atoms. The van der Waals surface area contributed by atoms with Crippen molar-refractivity contribution in [2.45, 2.75) is 11.3 Å². The number of ether oxygens (including phenoxy) is 1. The molecule has 0 radical (unpaired) electrons. The van der Waals surface area contributed by atoms with Gasteiger partial charge >= 0.3 is 0 Å². The maximum atomic E-state index is 12.4.